The molecule has 9 heteroatoms. The molecule has 1 amide bonds. The van der Waals surface area contributed by atoms with Crippen LogP contribution in [0.5, 0.6) is 0 Å². The lowest BCUT2D eigenvalue weighted by Crippen LogP contribution is -2.55. The molecule has 1 aromatic carbocycles. The largest absolute Gasteiger partial charge is 0.398 e. The topological polar surface area (TPSA) is 78.6 Å². The first-order valence-electron chi connectivity index (χ1n) is 9.60. The monoisotopic (exact) mass is 438 g/mol. The summed E-state index contributed by atoms with van der Waals surface area (Å²) in [5, 5.41) is 0. The standard InChI is InChI=1S/C20H26N6O.2ClH/c1-15(26-10-3-5-16-17(21)6-2-7-18(16)26)19(27)24-11-13-25(14-12-24)20-22-8-4-9-23-20;;/h2,4,6-9,15H,3,5,10-14,21H2,1H3;2*1H. The molecule has 2 aliphatic heterocycles. The molecule has 0 saturated carbocycles. The summed E-state index contributed by atoms with van der Waals surface area (Å²) in [5.41, 5.74) is 9.27. The number of nitrogens with zero attached hydrogens (tertiary/aromatic N) is 5. The van der Waals surface area contributed by atoms with Gasteiger partial charge in [0, 0.05) is 56.5 Å². The Morgan fingerprint density at radius 3 is 2.41 bits per heavy atom. The molecule has 0 aliphatic carbocycles. The van der Waals surface area contributed by atoms with Crippen LogP contribution in [0.25, 0.3) is 0 Å². The Balaban J connectivity index is 0.00000150. The van der Waals surface area contributed by atoms with E-state index in [9.17, 15) is 4.79 Å². The van der Waals surface area contributed by atoms with Gasteiger partial charge in [0.05, 0.1) is 0 Å². The first kappa shape index (κ1) is 23.0. The number of piperazine rings is 1. The lowest BCUT2D eigenvalue weighted by Gasteiger charge is -2.40. The number of aromatic nitrogens is 2. The van der Waals surface area contributed by atoms with Crippen LogP contribution in [0.2, 0.25) is 0 Å². The van der Waals surface area contributed by atoms with Gasteiger partial charge in [0.25, 0.3) is 0 Å². The minimum absolute atomic E-state index is 0. The Morgan fingerprint density at radius 2 is 1.72 bits per heavy atom. The van der Waals surface area contributed by atoms with E-state index in [0.717, 1.165) is 49.8 Å². The van der Waals surface area contributed by atoms with Crippen LogP contribution in [0.3, 0.4) is 0 Å². The second-order valence-corrected chi connectivity index (χ2v) is 7.18. The van der Waals surface area contributed by atoms with Crippen molar-refractivity contribution < 1.29 is 4.79 Å². The van der Waals surface area contributed by atoms with E-state index < -0.39 is 0 Å². The summed E-state index contributed by atoms with van der Waals surface area (Å²) in [5.74, 6) is 0.914. The summed E-state index contributed by atoms with van der Waals surface area (Å²) < 4.78 is 0. The van der Waals surface area contributed by atoms with Gasteiger partial charge in [-0.1, -0.05) is 6.07 Å². The molecule has 3 heterocycles. The van der Waals surface area contributed by atoms with Crippen LogP contribution < -0.4 is 15.5 Å². The summed E-state index contributed by atoms with van der Waals surface area (Å²) in [6.45, 7) is 5.80. The van der Waals surface area contributed by atoms with Crippen LogP contribution in [-0.2, 0) is 11.2 Å². The third-order valence-corrected chi connectivity index (χ3v) is 5.57. The Bertz CT molecular complexity index is 814. The molecule has 2 aliphatic rings. The first-order chi connectivity index (χ1) is 13.1. The number of nitrogens with two attached hydrogens (primary N) is 1. The first-order valence-corrected chi connectivity index (χ1v) is 9.60. The highest BCUT2D eigenvalue weighted by Gasteiger charge is 2.31. The zero-order valence-corrected chi connectivity index (χ0v) is 18.2. The van der Waals surface area contributed by atoms with Gasteiger partial charge in [0.2, 0.25) is 11.9 Å². The minimum Gasteiger partial charge on any atom is -0.398 e. The van der Waals surface area contributed by atoms with Crippen molar-refractivity contribution in [2.45, 2.75) is 25.8 Å². The molecule has 29 heavy (non-hydrogen) atoms. The predicted molar refractivity (Wildman–Crippen MR) is 121 cm³/mol. The number of nitrogen functional groups attached to an aromatic ring is 1. The number of carbonyl (C=O) groups is 1. The molecule has 7 nitrogen and oxygen atoms in total. The molecule has 2 N–H and O–H groups in total. The SMILES string of the molecule is CC(C(=O)N1CCN(c2ncccn2)CC1)N1CCCc2c(N)cccc21.Cl.Cl. The second-order valence-electron chi connectivity index (χ2n) is 7.18. The molecule has 4 rings (SSSR count). The summed E-state index contributed by atoms with van der Waals surface area (Å²) in [7, 11) is 0. The van der Waals surface area contributed by atoms with Gasteiger partial charge in [0.15, 0.2) is 0 Å². The molecule has 1 unspecified atom stereocenters. The maximum absolute atomic E-state index is 13.1. The average Bonchev–Trinajstić information content (AvgIpc) is 2.73. The Labute approximate surface area is 184 Å². The lowest BCUT2D eigenvalue weighted by molar-refractivity contribution is -0.132. The van der Waals surface area contributed by atoms with E-state index in [4.69, 9.17) is 5.73 Å². The van der Waals surface area contributed by atoms with E-state index in [1.54, 1.807) is 12.4 Å². The van der Waals surface area contributed by atoms with Gasteiger partial charge in [-0.2, -0.15) is 0 Å². The summed E-state index contributed by atoms with van der Waals surface area (Å²) in [6, 6.07) is 7.63. The van der Waals surface area contributed by atoms with Gasteiger partial charge in [-0.15, -0.1) is 24.8 Å². The minimum atomic E-state index is -0.189. The number of carbonyl (C=O) groups excluding carboxylic acids is 1. The summed E-state index contributed by atoms with van der Waals surface area (Å²) >= 11 is 0. The lowest BCUT2D eigenvalue weighted by atomic mass is 9.98. The highest BCUT2D eigenvalue weighted by molar-refractivity contribution is 5.86. The van der Waals surface area contributed by atoms with Gasteiger partial charge in [-0.25, -0.2) is 9.97 Å². The summed E-state index contributed by atoms with van der Waals surface area (Å²) in [6.07, 6.45) is 5.51. The molecule has 1 aromatic heterocycles. The number of rotatable bonds is 3. The zero-order valence-electron chi connectivity index (χ0n) is 16.5. The van der Waals surface area contributed by atoms with E-state index in [1.165, 1.54) is 5.56 Å². The predicted octanol–water partition coefficient (Wildman–Crippen LogP) is 2.39. The highest BCUT2D eigenvalue weighted by atomic mass is 35.5. The molecular formula is C20H28Cl2N6O. The van der Waals surface area contributed by atoms with Gasteiger partial charge in [-0.3, -0.25) is 4.79 Å². The summed E-state index contributed by atoms with van der Waals surface area (Å²) in [4.78, 5) is 28.1. The van der Waals surface area contributed by atoms with Crippen molar-refractivity contribution in [2.75, 3.05) is 48.3 Å². The molecule has 2 aromatic rings. The molecule has 1 atom stereocenters. The molecule has 0 spiro atoms. The molecule has 0 radical (unpaired) electrons. The van der Waals surface area contributed by atoms with E-state index >= 15 is 0 Å². The third kappa shape index (κ3) is 4.67. The smallest absolute Gasteiger partial charge is 0.245 e. The Morgan fingerprint density at radius 1 is 1.03 bits per heavy atom. The van der Waals surface area contributed by atoms with Crippen molar-refractivity contribution in [1.29, 1.82) is 0 Å². The number of benzene rings is 1. The maximum Gasteiger partial charge on any atom is 0.245 e. The average molecular weight is 439 g/mol. The van der Waals surface area contributed by atoms with Crippen molar-refractivity contribution in [1.82, 2.24) is 14.9 Å². The van der Waals surface area contributed by atoms with E-state index in [1.807, 2.05) is 30.0 Å². The number of hydrogen-bond acceptors (Lipinski definition) is 6. The van der Waals surface area contributed by atoms with Crippen molar-refractivity contribution in [2.24, 2.45) is 0 Å². The van der Waals surface area contributed by atoms with Gasteiger partial charge in [-0.05, 0) is 43.5 Å². The fraction of sp³-hybridized carbons (Fsp3) is 0.450. The van der Waals surface area contributed by atoms with Gasteiger partial charge in [0.1, 0.15) is 6.04 Å². The number of fused-ring (bicyclic) bond motifs is 1. The second kappa shape index (κ2) is 9.98. The Kier molecular flexibility index (Phi) is 7.93. The normalized spacial score (nSPS) is 16.9. The van der Waals surface area contributed by atoms with Crippen molar-refractivity contribution in [3.63, 3.8) is 0 Å². The third-order valence-electron chi connectivity index (χ3n) is 5.57. The number of hydrogen-bond donors (Lipinski definition) is 1. The van der Waals surface area contributed by atoms with Crippen LogP contribution in [0.15, 0.2) is 36.7 Å². The van der Waals surface area contributed by atoms with Crippen molar-refractivity contribution >= 4 is 48.0 Å². The van der Waals surface area contributed by atoms with Crippen molar-refractivity contribution in [3.05, 3.63) is 42.2 Å². The van der Waals surface area contributed by atoms with Gasteiger partial charge < -0.3 is 20.4 Å². The molecular weight excluding hydrogens is 411 g/mol. The zero-order chi connectivity index (χ0) is 18.8. The van der Waals surface area contributed by atoms with E-state index in [-0.39, 0.29) is 36.8 Å². The number of amides is 1. The molecule has 1 fully saturated rings. The Hall–Kier alpha value is -2.25. The molecule has 1 saturated heterocycles. The van der Waals surface area contributed by atoms with E-state index in [0.29, 0.717) is 13.1 Å². The van der Waals surface area contributed by atoms with Gasteiger partial charge >= 0.3 is 0 Å². The molecule has 158 valence electrons. The fourth-order valence-electron chi connectivity index (χ4n) is 4.06. The van der Waals surface area contributed by atoms with Crippen LogP contribution in [0.4, 0.5) is 17.3 Å². The molecule has 0 bridgehead atoms. The van der Waals surface area contributed by atoms with Crippen molar-refractivity contribution in [3.8, 4) is 0 Å². The fourth-order valence-corrected chi connectivity index (χ4v) is 4.06. The van der Waals surface area contributed by atoms with Crippen LogP contribution >= 0.6 is 24.8 Å². The van der Waals surface area contributed by atoms with Crippen LogP contribution in [0, 0.1) is 0 Å². The number of anilines is 3. The quantitative estimate of drug-likeness (QED) is 0.741. The maximum atomic E-state index is 13.1. The van der Waals surface area contributed by atoms with Crippen LogP contribution in [-0.4, -0.2) is 59.5 Å². The van der Waals surface area contributed by atoms with E-state index in [2.05, 4.69) is 25.8 Å². The number of halogens is 2. The highest BCUT2D eigenvalue weighted by Crippen LogP contribution is 2.32. The van der Waals surface area contributed by atoms with Crippen LogP contribution in [0.1, 0.15) is 18.9 Å².